The molecule has 0 radical (unpaired) electrons. The summed E-state index contributed by atoms with van der Waals surface area (Å²) in [6.45, 7) is 4.51. The fourth-order valence-electron chi connectivity index (χ4n) is 1.69. The van der Waals surface area contributed by atoms with Crippen LogP contribution in [0.4, 0.5) is 0 Å². The van der Waals surface area contributed by atoms with Gasteiger partial charge in [0.15, 0.2) is 8.07 Å². The van der Waals surface area contributed by atoms with E-state index in [0.29, 0.717) is 0 Å². The zero-order chi connectivity index (χ0) is 13.0. The Balaban J connectivity index is 2.27. The standard InChI is InChI=1S/C16H15ClSi/c1-18(2,16-10-8-15(17)9-11-16)13-12-14-6-4-3-5-7-14/h3-11H,1-2H3. The molecule has 90 valence electrons. The Hall–Kier alpha value is -1.49. The molecule has 2 heteroatoms. The van der Waals surface area contributed by atoms with Crippen LogP contribution in [0.5, 0.6) is 0 Å². The molecule has 18 heavy (non-hydrogen) atoms. The van der Waals surface area contributed by atoms with Crippen molar-refractivity contribution in [3.63, 3.8) is 0 Å². The second-order valence-electron chi connectivity index (χ2n) is 4.75. The van der Waals surface area contributed by atoms with Gasteiger partial charge in [0.25, 0.3) is 0 Å². The average molecular weight is 271 g/mol. The lowest BCUT2D eigenvalue weighted by atomic mass is 10.2. The molecule has 2 aromatic rings. The van der Waals surface area contributed by atoms with Gasteiger partial charge < -0.3 is 0 Å². The van der Waals surface area contributed by atoms with Crippen molar-refractivity contribution in [2.24, 2.45) is 0 Å². The van der Waals surface area contributed by atoms with E-state index in [9.17, 15) is 0 Å². The van der Waals surface area contributed by atoms with Crippen LogP contribution in [0.2, 0.25) is 18.1 Å². The summed E-state index contributed by atoms with van der Waals surface area (Å²) >= 11 is 5.91. The van der Waals surface area contributed by atoms with E-state index < -0.39 is 8.07 Å². The molecule has 0 fully saturated rings. The molecule has 0 aliphatic rings. The van der Waals surface area contributed by atoms with Crippen LogP contribution in [0.1, 0.15) is 5.56 Å². The first-order valence-electron chi connectivity index (χ1n) is 5.92. The molecule has 0 aromatic heterocycles. The Bertz CT molecular complexity index is 574. The van der Waals surface area contributed by atoms with E-state index >= 15 is 0 Å². The second kappa shape index (κ2) is 5.43. The zero-order valence-electron chi connectivity index (χ0n) is 10.6. The minimum atomic E-state index is -1.70. The summed E-state index contributed by atoms with van der Waals surface area (Å²) in [7, 11) is -1.70. The van der Waals surface area contributed by atoms with Crippen LogP contribution < -0.4 is 5.19 Å². The SMILES string of the molecule is C[Si](C)(C#Cc1ccccc1)c1ccc(Cl)cc1. The maximum atomic E-state index is 5.91. The van der Waals surface area contributed by atoms with Gasteiger partial charge in [0, 0.05) is 10.6 Å². The predicted octanol–water partition coefficient (Wildman–Crippen LogP) is 3.85. The first kappa shape index (κ1) is 13.0. The van der Waals surface area contributed by atoms with Crippen LogP contribution in [-0.2, 0) is 0 Å². The Morgan fingerprint density at radius 1 is 0.889 bits per heavy atom. The van der Waals surface area contributed by atoms with Crippen molar-refractivity contribution in [1.29, 1.82) is 0 Å². The van der Waals surface area contributed by atoms with Crippen LogP contribution in [0, 0.1) is 11.5 Å². The highest BCUT2D eigenvalue weighted by Gasteiger charge is 2.20. The van der Waals surface area contributed by atoms with Gasteiger partial charge in [-0.05, 0) is 29.5 Å². The summed E-state index contributed by atoms with van der Waals surface area (Å²) in [4.78, 5) is 0. The lowest BCUT2D eigenvalue weighted by Gasteiger charge is -2.15. The summed E-state index contributed by atoms with van der Waals surface area (Å²) in [6, 6.07) is 18.2. The molecular formula is C16H15ClSi. The van der Waals surface area contributed by atoms with Crippen molar-refractivity contribution in [1.82, 2.24) is 0 Å². The van der Waals surface area contributed by atoms with Crippen LogP contribution in [-0.4, -0.2) is 8.07 Å². The fourth-order valence-corrected chi connectivity index (χ4v) is 3.42. The molecule has 0 saturated heterocycles. The molecule has 0 aliphatic carbocycles. The van der Waals surface area contributed by atoms with Crippen molar-refractivity contribution in [3.8, 4) is 11.5 Å². The number of benzene rings is 2. The first-order valence-corrected chi connectivity index (χ1v) is 9.30. The summed E-state index contributed by atoms with van der Waals surface area (Å²) in [5, 5.41) is 2.09. The van der Waals surface area contributed by atoms with Gasteiger partial charge in [-0.1, -0.05) is 60.9 Å². The molecule has 0 bridgehead atoms. The summed E-state index contributed by atoms with van der Waals surface area (Å²) in [5.41, 5.74) is 4.53. The molecule has 0 spiro atoms. The number of hydrogen-bond acceptors (Lipinski definition) is 0. The normalized spacial score (nSPS) is 10.6. The van der Waals surface area contributed by atoms with E-state index in [-0.39, 0.29) is 0 Å². The molecule has 0 saturated carbocycles. The molecule has 0 heterocycles. The van der Waals surface area contributed by atoms with Gasteiger partial charge in [0.2, 0.25) is 0 Å². The van der Waals surface area contributed by atoms with E-state index in [4.69, 9.17) is 11.6 Å². The topological polar surface area (TPSA) is 0 Å². The predicted molar refractivity (Wildman–Crippen MR) is 81.9 cm³/mol. The van der Waals surface area contributed by atoms with Crippen molar-refractivity contribution in [3.05, 3.63) is 65.2 Å². The van der Waals surface area contributed by atoms with E-state index in [0.717, 1.165) is 10.6 Å². The molecule has 0 amide bonds. The van der Waals surface area contributed by atoms with Crippen molar-refractivity contribution >= 4 is 24.9 Å². The minimum Gasteiger partial charge on any atom is -0.121 e. The lowest BCUT2D eigenvalue weighted by Crippen LogP contribution is -2.40. The van der Waals surface area contributed by atoms with Crippen LogP contribution in [0.25, 0.3) is 0 Å². The smallest absolute Gasteiger partial charge is 0.121 e. The Labute approximate surface area is 115 Å². The summed E-state index contributed by atoms with van der Waals surface area (Å²) in [5.74, 6) is 3.28. The van der Waals surface area contributed by atoms with Gasteiger partial charge in [-0.25, -0.2) is 0 Å². The average Bonchev–Trinajstić information content (AvgIpc) is 2.38. The Kier molecular flexibility index (Phi) is 3.91. The second-order valence-corrected chi connectivity index (χ2v) is 9.26. The highest BCUT2D eigenvalue weighted by Crippen LogP contribution is 2.08. The van der Waals surface area contributed by atoms with Gasteiger partial charge in [0.1, 0.15) is 0 Å². The highest BCUT2D eigenvalue weighted by atomic mass is 35.5. The monoisotopic (exact) mass is 270 g/mol. The van der Waals surface area contributed by atoms with Gasteiger partial charge >= 0.3 is 0 Å². The molecule has 0 nitrogen and oxygen atoms in total. The number of hydrogen-bond donors (Lipinski definition) is 0. The highest BCUT2D eigenvalue weighted by molar-refractivity contribution is 6.96. The summed E-state index contributed by atoms with van der Waals surface area (Å²) in [6.07, 6.45) is 0. The van der Waals surface area contributed by atoms with Crippen LogP contribution >= 0.6 is 11.6 Å². The molecular weight excluding hydrogens is 256 g/mol. The summed E-state index contributed by atoms with van der Waals surface area (Å²) < 4.78 is 0. The third-order valence-corrected chi connectivity index (χ3v) is 5.64. The Morgan fingerprint density at radius 3 is 2.11 bits per heavy atom. The van der Waals surface area contributed by atoms with Gasteiger partial charge in [0.05, 0.1) is 0 Å². The maximum Gasteiger partial charge on any atom is 0.163 e. The molecule has 2 aromatic carbocycles. The number of halogens is 1. The van der Waals surface area contributed by atoms with Crippen LogP contribution in [0.3, 0.4) is 0 Å². The quantitative estimate of drug-likeness (QED) is 0.546. The Morgan fingerprint density at radius 2 is 1.50 bits per heavy atom. The van der Waals surface area contributed by atoms with Crippen molar-refractivity contribution < 1.29 is 0 Å². The third kappa shape index (κ3) is 3.26. The van der Waals surface area contributed by atoms with Crippen LogP contribution in [0.15, 0.2) is 54.6 Å². The van der Waals surface area contributed by atoms with E-state index in [1.54, 1.807) is 0 Å². The first-order chi connectivity index (χ1) is 8.58. The zero-order valence-corrected chi connectivity index (χ0v) is 12.3. The van der Waals surface area contributed by atoms with E-state index in [1.807, 2.05) is 42.5 Å². The molecule has 0 N–H and O–H groups in total. The number of rotatable bonds is 1. The molecule has 2 rings (SSSR count). The minimum absolute atomic E-state index is 0.777. The maximum absolute atomic E-state index is 5.91. The third-order valence-electron chi connectivity index (χ3n) is 2.86. The van der Waals surface area contributed by atoms with E-state index in [2.05, 4.69) is 36.7 Å². The lowest BCUT2D eigenvalue weighted by molar-refractivity contribution is 1.65. The molecule has 0 unspecified atom stereocenters. The van der Waals surface area contributed by atoms with Gasteiger partial charge in [-0.15, -0.1) is 5.54 Å². The van der Waals surface area contributed by atoms with Gasteiger partial charge in [-0.2, -0.15) is 0 Å². The van der Waals surface area contributed by atoms with Crippen molar-refractivity contribution in [2.45, 2.75) is 13.1 Å². The van der Waals surface area contributed by atoms with Gasteiger partial charge in [-0.3, -0.25) is 0 Å². The van der Waals surface area contributed by atoms with Crippen molar-refractivity contribution in [2.75, 3.05) is 0 Å². The van der Waals surface area contributed by atoms with E-state index in [1.165, 1.54) is 5.19 Å². The largest absolute Gasteiger partial charge is 0.163 e. The fraction of sp³-hybridized carbons (Fsp3) is 0.125. The molecule has 0 aliphatic heterocycles. The molecule has 0 atom stereocenters.